The minimum atomic E-state index is -0.908. The summed E-state index contributed by atoms with van der Waals surface area (Å²) in [4.78, 5) is 37.7. The second-order valence-electron chi connectivity index (χ2n) is 6.19. The Labute approximate surface area is 160 Å². The van der Waals surface area contributed by atoms with Crippen molar-refractivity contribution in [2.24, 2.45) is 0 Å². The summed E-state index contributed by atoms with van der Waals surface area (Å²) in [6, 6.07) is 8.69. The predicted octanol–water partition coefficient (Wildman–Crippen LogP) is 3.49. The molecule has 1 saturated heterocycles. The average Bonchev–Trinajstić information content (AvgIpc) is 3.04. The number of hydrogen-bond acceptors (Lipinski definition) is 3. The van der Waals surface area contributed by atoms with Crippen molar-refractivity contribution in [3.8, 4) is 0 Å². The van der Waals surface area contributed by atoms with Gasteiger partial charge in [-0.05, 0) is 55.3 Å². The lowest BCUT2D eigenvalue weighted by Gasteiger charge is -2.19. The van der Waals surface area contributed by atoms with Gasteiger partial charge in [0, 0.05) is 30.0 Å². The van der Waals surface area contributed by atoms with Gasteiger partial charge >= 0.3 is 11.8 Å². The molecule has 2 N–H and O–H groups in total. The Hall–Kier alpha value is -2.93. The third-order valence-electron chi connectivity index (χ3n) is 4.20. The monoisotopic (exact) mass is 389 g/mol. The minimum Gasteiger partial charge on any atom is -0.318 e. The zero-order valence-corrected chi connectivity index (χ0v) is 15.3. The van der Waals surface area contributed by atoms with Crippen LogP contribution in [-0.2, 0) is 14.4 Å². The highest BCUT2D eigenvalue weighted by molar-refractivity contribution is 6.43. The first-order chi connectivity index (χ1) is 12.8. The maximum Gasteiger partial charge on any atom is 0.314 e. The molecule has 3 amide bonds. The van der Waals surface area contributed by atoms with E-state index >= 15 is 0 Å². The van der Waals surface area contributed by atoms with Crippen LogP contribution in [0.5, 0.6) is 0 Å². The largest absolute Gasteiger partial charge is 0.318 e. The first kappa shape index (κ1) is 18.8. The van der Waals surface area contributed by atoms with Crippen LogP contribution in [0.3, 0.4) is 0 Å². The topological polar surface area (TPSA) is 78.5 Å². The Kier molecular flexibility index (Phi) is 5.41. The fourth-order valence-electron chi connectivity index (χ4n) is 2.89. The maximum absolute atomic E-state index is 13.1. The van der Waals surface area contributed by atoms with E-state index in [2.05, 4.69) is 10.6 Å². The molecule has 0 radical (unpaired) electrons. The minimum absolute atomic E-state index is 0.0761. The van der Waals surface area contributed by atoms with Crippen molar-refractivity contribution in [1.82, 2.24) is 0 Å². The van der Waals surface area contributed by atoms with Crippen LogP contribution in [0.4, 0.5) is 21.5 Å². The molecule has 0 spiro atoms. The first-order valence-electron chi connectivity index (χ1n) is 8.33. The summed E-state index contributed by atoms with van der Waals surface area (Å²) in [6.45, 7) is 2.51. The molecule has 0 saturated carbocycles. The molecule has 0 bridgehead atoms. The Balaban J connectivity index is 1.66. The SMILES string of the molecule is Cc1cc(NC(=O)C(=O)Nc2ccc(F)c(Cl)c2)ccc1N1CCCC1=O. The molecule has 0 atom stereocenters. The molecule has 1 heterocycles. The number of amides is 3. The molecule has 1 fully saturated rings. The van der Waals surface area contributed by atoms with E-state index in [0.717, 1.165) is 23.7 Å². The highest BCUT2D eigenvalue weighted by Crippen LogP contribution is 2.27. The Morgan fingerprint density at radius 2 is 1.70 bits per heavy atom. The highest BCUT2D eigenvalue weighted by atomic mass is 35.5. The van der Waals surface area contributed by atoms with Crippen molar-refractivity contribution in [3.05, 3.63) is 52.8 Å². The number of aryl methyl sites for hydroxylation is 1. The molecule has 1 aliphatic heterocycles. The van der Waals surface area contributed by atoms with Crippen molar-refractivity contribution in [3.63, 3.8) is 0 Å². The molecular weight excluding hydrogens is 373 g/mol. The van der Waals surface area contributed by atoms with E-state index in [1.54, 1.807) is 23.1 Å². The fraction of sp³-hybridized carbons (Fsp3) is 0.211. The number of rotatable bonds is 3. The van der Waals surface area contributed by atoms with E-state index in [0.29, 0.717) is 18.7 Å². The molecule has 1 aliphatic rings. The van der Waals surface area contributed by atoms with E-state index in [-0.39, 0.29) is 16.6 Å². The summed E-state index contributed by atoms with van der Waals surface area (Å²) in [5, 5.41) is 4.69. The van der Waals surface area contributed by atoms with Gasteiger partial charge in [-0.3, -0.25) is 14.4 Å². The van der Waals surface area contributed by atoms with Gasteiger partial charge in [0.15, 0.2) is 0 Å². The predicted molar refractivity (Wildman–Crippen MR) is 101 cm³/mol. The summed E-state index contributed by atoms with van der Waals surface area (Å²) >= 11 is 5.65. The molecule has 6 nitrogen and oxygen atoms in total. The van der Waals surface area contributed by atoms with E-state index in [1.165, 1.54) is 12.1 Å². The lowest BCUT2D eigenvalue weighted by molar-refractivity contribution is -0.132. The van der Waals surface area contributed by atoms with E-state index < -0.39 is 17.6 Å². The van der Waals surface area contributed by atoms with Gasteiger partial charge in [-0.1, -0.05) is 11.6 Å². The summed E-state index contributed by atoms with van der Waals surface area (Å²) in [5.41, 5.74) is 2.25. The number of hydrogen-bond donors (Lipinski definition) is 2. The van der Waals surface area contributed by atoms with Gasteiger partial charge < -0.3 is 15.5 Å². The first-order valence-corrected chi connectivity index (χ1v) is 8.71. The molecular formula is C19H17ClFN3O3. The third-order valence-corrected chi connectivity index (χ3v) is 4.49. The van der Waals surface area contributed by atoms with Crippen molar-refractivity contribution >= 4 is 46.4 Å². The van der Waals surface area contributed by atoms with Crippen LogP contribution in [0.1, 0.15) is 18.4 Å². The van der Waals surface area contributed by atoms with Gasteiger partial charge in [0.1, 0.15) is 5.82 Å². The molecule has 0 aliphatic carbocycles. The second-order valence-corrected chi connectivity index (χ2v) is 6.59. The number of carbonyl (C=O) groups is 3. The van der Waals surface area contributed by atoms with Gasteiger partial charge in [-0.2, -0.15) is 0 Å². The molecule has 3 rings (SSSR count). The quantitative estimate of drug-likeness (QED) is 0.789. The van der Waals surface area contributed by atoms with Crippen LogP contribution in [0.15, 0.2) is 36.4 Å². The smallest absolute Gasteiger partial charge is 0.314 e. The molecule has 2 aromatic carbocycles. The summed E-state index contributed by atoms with van der Waals surface area (Å²) in [5.74, 6) is -2.33. The molecule has 0 aromatic heterocycles. The standard InChI is InChI=1S/C19H17ClFN3O3/c1-11-9-12(5-7-16(11)24-8-2-3-17(24)25)22-18(26)19(27)23-13-4-6-15(21)14(20)10-13/h4-7,9-10H,2-3,8H2,1H3,(H,22,26)(H,23,27). The van der Waals surface area contributed by atoms with Gasteiger partial charge in [-0.25, -0.2) is 4.39 Å². The number of anilines is 3. The number of nitrogens with zero attached hydrogens (tertiary/aromatic N) is 1. The maximum atomic E-state index is 13.1. The van der Waals surface area contributed by atoms with E-state index in [9.17, 15) is 18.8 Å². The summed E-state index contributed by atoms with van der Waals surface area (Å²) in [6.07, 6.45) is 1.36. The molecule has 8 heteroatoms. The van der Waals surface area contributed by atoms with E-state index in [1.807, 2.05) is 6.92 Å². The molecule has 27 heavy (non-hydrogen) atoms. The van der Waals surface area contributed by atoms with Crippen molar-refractivity contribution in [2.45, 2.75) is 19.8 Å². The summed E-state index contributed by atoms with van der Waals surface area (Å²) < 4.78 is 13.1. The number of halogens is 2. The van der Waals surface area contributed by atoms with Crippen LogP contribution in [-0.4, -0.2) is 24.3 Å². The van der Waals surface area contributed by atoms with Crippen LogP contribution in [0.25, 0.3) is 0 Å². The Morgan fingerprint density at radius 1 is 1.07 bits per heavy atom. The van der Waals surface area contributed by atoms with Crippen LogP contribution in [0.2, 0.25) is 5.02 Å². The van der Waals surface area contributed by atoms with Gasteiger partial charge in [0.2, 0.25) is 5.91 Å². The van der Waals surface area contributed by atoms with Crippen molar-refractivity contribution in [2.75, 3.05) is 22.1 Å². The molecule has 0 unspecified atom stereocenters. The number of nitrogens with one attached hydrogen (secondary N) is 2. The highest BCUT2D eigenvalue weighted by Gasteiger charge is 2.23. The van der Waals surface area contributed by atoms with Crippen LogP contribution < -0.4 is 15.5 Å². The van der Waals surface area contributed by atoms with Crippen LogP contribution in [0, 0.1) is 12.7 Å². The fourth-order valence-corrected chi connectivity index (χ4v) is 3.07. The lowest BCUT2D eigenvalue weighted by Crippen LogP contribution is -2.29. The number of carbonyl (C=O) groups excluding carboxylic acids is 3. The third kappa shape index (κ3) is 4.25. The van der Waals surface area contributed by atoms with Crippen LogP contribution >= 0.6 is 11.6 Å². The zero-order valence-electron chi connectivity index (χ0n) is 14.5. The van der Waals surface area contributed by atoms with Crippen molar-refractivity contribution in [1.29, 1.82) is 0 Å². The van der Waals surface area contributed by atoms with E-state index in [4.69, 9.17) is 11.6 Å². The molecule has 2 aromatic rings. The van der Waals surface area contributed by atoms with Gasteiger partial charge in [-0.15, -0.1) is 0 Å². The van der Waals surface area contributed by atoms with Crippen molar-refractivity contribution < 1.29 is 18.8 Å². The molecule has 140 valence electrons. The average molecular weight is 390 g/mol. The van der Waals surface area contributed by atoms with Gasteiger partial charge in [0.25, 0.3) is 0 Å². The number of benzene rings is 2. The van der Waals surface area contributed by atoms with Gasteiger partial charge in [0.05, 0.1) is 5.02 Å². The lowest BCUT2D eigenvalue weighted by atomic mass is 10.1. The Morgan fingerprint density at radius 3 is 2.26 bits per heavy atom. The zero-order chi connectivity index (χ0) is 19.6. The Bertz CT molecular complexity index is 932. The second kappa shape index (κ2) is 7.75. The summed E-state index contributed by atoms with van der Waals surface area (Å²) in [7, 11) is 0. The normalized spacial score (nSPS) is 13.6.